The fraction of sp³-hybridized carbons (Fsp3) is 0.0820. The molecule has 0 spiro atoms. The van der Waals surface area contributed by atoms with Gasteiger partial charge in [-0.25, -0.2) is 0 Å². The predicted molar refractivity (Wildman–Crippen MR) is 277 cm³/mol. The Labute approximate surface area is 385 Å². The van der Waals surface area contributed by atoms with Crippen LogP contribution in [-0.4, -0.2) is 6.85 Å². The Morgan fingerprint density at radius 1 is 0.446 bits per heavy atom. The first-order chi connectivity index (χ1) is 31.9. The van der Waals surface area contributed by atoms with E-state index in [-0.39, 0.29) is 12.3 Å². The SMILES string of the molecule is CC(C)(C)c1ccc(N2c3cc(-c4ccccc4)cc4c3B(c3c2sc2ccccc32)N2c3ccccc3C(c3ccccc3)(c3ccccc3)c3cccc-4c32)c(-c2ccccc2)c1. The molecule has 0 saturated heterocycles. The lowest BCUT2D eigenvalue weighted by Gasteiger charge is -2.52. The zero-order chi connectivity index (χ0) is 43.4. The quantitative estimate of drug-likeness (QED) is 0.159. The summed E-state index contributed by atoms with van der Waals surface area (Å²) in [6.45, 7) is 6.84. The summed E-state index contributed by atoms with van der Waals surface area (Å²) in [5.41, 5.74) is 20.9. The zero-order valence-electron chi connectivity index (χ0n) is 36.7. The van der Waals surface area contributed by atoms with Gasteiger partial charge in [-0.05, 0) is 108 Å². The molecule has 9 aromatic carbocycles. The summed E-state index contributed by atoms with van der Waals surface area (Å²) in [6.07, 6.45) is 0. The van der Waals surface area contributed by atoms with Crippen LogP contribution in [0.3, 0.4) is 0 Å². The highest BCUT2D eigenvalue weighted by molar-refractivity contribution is 7.26. The van der Waals surface area contributed by atoms with E-state index < -0.39 is 5.41 Å². The minimum Gasteiger partial charge on any atom is -0.376 e. The van der Waals surface area contributed by atoms with Crippen LogP contribution >= 0.6 is 11.3 Å². The molecule has 0 bridgehead atoms. The third kappa shape index (κ3) is 5.47. The van der Waals surface area contributed by atoms with Crippen molar-refractivity contribution in [2.75, 3.05) is 9.71 Å². The van der Waals surface area contributed by atoms with Crippen molar-refractivity contribution in [3.63, 3.8) is 0 Å². The molecule has 0 saturated carbocycles. The molecular formula is C61H45BN2S. The molecule has 0 radical (unpaired) electrons. The summed E-state index contributed by atoms with van der Waals surface area (Å²) in [5.74, 6) is 0. The van der Waals surface area contributed by atoms with Crippen molar-refractivity contribution in [3.05, 3.63) is 246 Å². The van der Waals surface area contributed by atoms with Gasteiger partial charge in [-0.3, -0.25) is 0 Å². The van der Waals surface area contributed by atoms with E-state index in [0.29, 0.717) is 0 Å². The molecule has 0 atom stereocenters. The van der Waals surface area contributed by atoms with Crippen LogP contribution in [0.1, 0.15) is 48.6 Å². The first kappa shape index (κ1) is 38.1. The number of anilines is 5. The van der Waals surface area contributed by atoms with Crippen LogP contribution < -0.4 is 20.6 Å². The van der Waals surface area contributed by atoms with Crippen molar-refractivity contribution in [2.24, 2.45) is 0 Å². The lowest BCUT2D eigenvalue weighted by Crippen LogP contribution is -2.63. The summed E-state index contributed by atoms with van der Waals surface area (Å²) in [6, 6.07) is 82.1. The van der Waals surface area contributed by atoms with E-state index >= 15 is 0 Å². The van der Waals surface area contributed by atoms with Gasteiger partial charge in [0.1, 0.15) is 0 Å². The van der Waals surface area contributed by atoms with Gasteiger partial charge in [0.05, 0.1) is 16.1 Å². The van der Waals surface area contributed by atoms with E-state index in [1.54, 1.807) is 0 Å². The second-order valence-electron chi connectivity index (χ2n) is 18.8. The van der Waals surface area contributed by atoms with Gasteiger partial charge in [-0.15, -0.1) is 11.3 Å². The molecule has 0 fully saturated rings. The number of thiophene rings is 1. The fourth-order valence-electron chi connectivity index (χ4n) is 11.4. The van der Waals surface area contributed by atoms with Gasteiger partial charge in [0.15, 0.2) is 0 Å². The van der Waals surface area contributed by atoms with Gasteiger partial charge < -0.3 is 9.71 Å². The zero-order valence-corrected chi connectivity index (χ0v) is 37.5. The summed E-state index contributed by atoms with van der Waals surface area (Å²) < 4.78 is 1.29. The molecule has 308 valence electrons. The summed E-state index contributed by atoms with van der Waals surface area (Å²) in [7, 11) is 0. The third-order valence-corrected chi connectivity index (χ3v) is 15.4. The largest absolute Gasteiger partial charge is 0.376 e. The molecule has 2 nitrogen and oxygen atoms in total. The van der Waals surface area contributed by atoms with Crippen molar-refractivity contribution >= 4 is 66.9 Å². The lowest BCUT2D eigenvalue weighted by atomic mass is 9.42. The third-order valence-electron chi connectivity index (χ3n) is 14.3. The van der Waals surface area contributed by atoms with Crippen molar-refractivity contribution in [2.45, 2.75) is 31.6 Å². The number of nitrogens with zero attached hydrogens (tertiary/aromatic N) is 2. The Hall–Kier alpha value is -7.40. The Kier molecular flexibility index (Phi) is 8.39. The lowest BCUT2D eigenvalue weighted by molar-refractivity contribution is 0.590. The van der Waals surface area contributed by atoms with E-state index in [1.807, 2.05) is 11.3 Å². The number of benzene rings is 9. The summed E-state index contributed by atoms with van der Waals surface area (Å²) in [4.78, 5) is 5.38. The van der Waals surface area contributed by atoms with Crippen LogP contribution in [0.5, 0.6) is 0 Å². The van der Waals surface area contributed by atoms with Crippen molar-refractivity contribution < 1.29 is 0 Å². The number of para-hydroxylation sites is 2. The highest BCUT2D eigenvalue weighted by Crippen LogP contribution is 2.61. The second kappa shape index (κ2) is 14.3. The maximum atomic E-state index is 2.74. The molecule has 3 aliphatic heterocycles. The van der Waals surface area contributed by atoms with Crippen LogP contribution in [-0.2, 0) is 10.8 Å². The molecular weight excluding hydrogens is 804 g/mol. The minimum atomic E-state index is -0.571. The molecule has 13 rings (SSSR count). The number of fused-ring (bicyclic) bond motifs is 8. The molecule has 0 N–H and O–H groups in total. The maximum Gasteiger partial charge on any atom is 0.334 e. The smallest absolute Gasteiger partial charge is 0.334 e. The Morgan fingerprint density at radius 2 is 1.06 bits per heavy atom. The van der Waals surface area contributed by atoms with Gasteiger partial charge in [0.2, 0.25) is 0 Å². The molecule has 4 heterocycles. The van der Waals surface area contributed by atoms with Crippen LogP contribution in [0.25, 0.3) is 43.5 Å². The highest BCUT2D eigenvalue weighted by Gasteiger charge is 2.54. The molecule has 0 unspecified atom stereocenters. The number of hydrogen-bond donors (Lipinski definition) is 0. The first-order valence-electron chi connectivity index (χ1n) is 22.8. The minimum absolute atomic E-state index is 0.0258. The Balaban J connectivity index is 1.20. The summed E-state index contributed by atoms with van der Waals surface area (Å²) in [5, 5.41) is 2.57. The fourth-order valence-corrected chi connectivity index (χ4v) is 12.7. The second-order valence-corrected chi connectivity index (χ2v) is 19.8. The molecule has 10 aromatic rings. The first-order valence-corrected chi connectivity index (χ1v) is 23.6. The predicted octanol–water partition coefficient (Wildman–Crippen LogP) is 14.9. The molecule has 4 heteroatoms. The van der Waals surface area contributed by atoms with Gasteiger partial charge in [0, 0.05) is 32.9 Å². The number of hydrogen-bond acceptors (Lipinski definition) is 3. The van der Waals surface area contributed by atoms with Crippen LogP contribution in [0.2, 0.25) is 0 Å². The van der Waals surface area contributed by atoms with Crippen molar-refractivity contribution in [3.8, 4) is 33.4 Å². The number of rotatable bonds is 5. The Bertz CT molecular complexity index is 3440. The standard InChI is InChI=1S/C61H45BN2S/c1-60(2,3)45-35-36-52(48(39-45)41-23-10-5-11-24-41)63-54-38-42(40-21-8-4-9-22-40)37-49-46-30-20-32-51-58(46)64(62(56(49)54)57-47-29-16-19-34-55(47)65-59(57)63)53-33-18-17-31-50(53)61(51,43-25-12-6-13-26-43)44-27-14-7-15-28-44/h4-39H,1-3H3. The van der Waals surface area contributed by atoms with Crippen LogP contribution in [0.4, 0.5) is 27.8 Å². The maximum absolute atomic E-state index is 2.74. The van der Waals surface area contributed by atoms with Gasteiger partial charge in [-0.2, -0.15) is 0 Å². The molecule has 65 heavy (non-hydrogen) atoms. The topological polar surface area (TPSA) is 6.48 Å². The average molecular weight is 849 g/mol. The molecule has 1 aromatic heterocycles. The van der Waals surface area contributed by atoms with E-state index in [9.17, 15) is 0 Å². The monoisotopic (exact) mass is 848 g/mol. The normalized spacial score (nSPS) is 14.1. The van der Waals surface area contributed by atoms with E-state index in [0.717, 1.165) is 0 Å². The van der Waals surface area contributed by atoms with Crippen LogP contribution in [0.15, 0.2) is 218 Å². The van der Waals surface area contributed by atoms with Crippen LogP contribution in [0, 0.1) is 0 Å². The van der Waals surface area contributed by atoms with Gasteiger partial charge >= 0.3 is 6.85 Å². The van der Waals surface area contributed by atoms with Gasteiger partial charge in [-0.1, -0.05) is 203 Å². The Morgan fingerprint density at radius 3 is 1.77 bits per heavy atom. The van der Waals surface area contributed by atoms with Gasteiger partial charge in [0.25, 0.3) is 0 Å². The van der Waals surface area contributed by atoms with E-state index in [4.69, 9.17) is 0 Å². The van der Waals surface area contributed by atoms with E-state index in [2.05, 4.69) is 249 Å². The summed E-state index contributed by atoms with van der Waals surface area (Å²) >= 11 is 1.92. The molecule has 0 aliphatic carbocycles. The molecule has 0 amide bonds. The van der Waals surface area contributed by atoms with E-state index in [1.165, 1.54) is 110 Å². The molecule has 3 aliphatic rings. The van der Waals surface area contributed by atoms with Crippen molar-refractivity contribution in [1.29, 1.82) is 0 Å². The van der Waals surface area contributed by atoms with Crippen molar-refractivity contribution in [1.82, 2.24) is 0 Å². The average Bonchev–Trinajstić information content (AvgIpc) is 3.75. The highest BCUT2D eigenvalue weighted by atomic mass is 32.1.